The van der Waals surface area contributed by atoms with E-state index in [0.29, 0.717) is 0 Å². The second-order valence-electron chi connectivity index (χ2n) is 6.18. The number of unbranched alkanes of at least 4 members (excludes halogenated alkanes) is 4. The van der Waals surface area contributed by atoms with Crippen LogP contribution in [-0.2, 0) is 4.74 Å². The number of allylic oxidation sites excluding steroid dienone is 4. The Labute approximate surface area is 145 Å². The van der Waals surface area contributed by atoms with Crippen LogP contribution in [0.15, 0.2) is 48.6 Å². The molecule has 0 aliphatic carbocycles. The minimum atomic E-state index is 0.761. The lowest BCUT2D eigenvalue weighted by molar-refractivity contribution is 0.174. The fourth-order valence-corrected chi connectivity index (χ4v) is 2.48. The summed E-state index contributed by atoms with van der Waals surface area (Å²) in [5, 5.41) is 0. The number of hydrogen-bond donors (Lipinski definition) is 0. The molecule has 0 unspecified atom stereocenters. The van der Waals surface area contributed by atoms with Gasteiger partial charge in [-0.1, -0.05) is 63.8 Å². The van der Waals surface area contributed by atoms with Gasteiger partial charge in [0, 0.05) is 0 Å². The third-order valence-corrected chi connectivity index (χ3v) is 3.92. The van der Waals surface area contributed by atoms with Gasteiger partial charge in [-0.05, 0) is 49.7 Å². The minimum absolute atomic E-state index is 0.761. The summed E-state index contributed by atoms with van der Waals surface area (Å²) >= 11 is 0. The van der Waals surface area contributed by atoms with Crippen molar-refractivity contribution >= 4 is 0 Å². The van der Waals surface area contributed by atoms with Crippen LogP contribution >= 0.6 is 0 Å². The Morgan fingerprint density at radius 1 is 0.739 bits per heavy atom. The smallest absolute Gasteiger partial charge is 0.0681 e. The molecule has 0 saturated heterocycles. The molecule has 0 atom stereocenters. The van der Waals surface area contributed by atoms with E-state index in [4.69, 9.17) is 4.74 Å². The van der Waals surface area contributed by atoms with Crippen LogP contribution in [0.3, 0.4) is 0 Å². The molecule has 0 saturated carbocycles. The molecule has 0 bridgehead atoms. The first-order valence-corrected chi connectivity index (χ1v) is 9.43. The molecular weight excluding hydrogens is 280 g/mol. The lowest BCUT2D eigenvalue weighted by atomic mass is 10.1. The predicted octanol–water partition coefficient (Wildman–Crippen LogP) is 7.17. The maximum atomic E-state index is 6.01. The van der Waals surface area contributed by atoms with E-state index in [9.17, 15) is 0 Å². The summed E-state index contributed by atoms with van der Waals surface area (Å²) in [6, 6.07) is 0. The monoisotopic (exact) mass is 318 g/mol. The largest absolute Gasteiger partial charge is 0.373 e. The second kappa shape index (κ2) is 17.3. The molecule has 0 aromatic carbocycles. The molecule has 0 N–H and O–H groups in total. The highest BCUT2D eigenvalue weighted by atomic mass is 16.5. The van der Waals surface area contributed by atoms with Gasteiger partial charge in [-0.25, -0.2) is 0 Å². The third-order valence-electron chi connectivity index (χ3n) is 3.92. The van der Waals surface area contributed by atoms with Crippen molar-refractivity contribution in [3.8, 4) is 0 Å². The van der Waals surface area contributed by atoms with Crippen molar-refractivity contribution in [2.75, 3.05) is 13.2 Å². The van der Waals surface area contributed by atoms with Crippen molar-refractivity contribution in [1.82, 2.24) is 0 Å². The average molecular weight is 319 g/mol. The SMILES string of the molecule is C=CCC=C(CCCCC)COCC(=CCC=C)CCCCC. The molecule has 0 heterocycles. The quantitative estimate of drug-likeness (QED) is 0.216. The first kappa shape index (κ1) is 21.9. The van der Waals surface area contributed by atoms with Crippen molar-refractivity contribution < 1.29 is 4.74 Å². The van der Waals surface area contributed by atoms with Gasteiger partial charge in [-0.3, -0.25) is 0 Å². The first-order valence-electron chi connectivity index (χ1n) is 9.43. The Balaban J connectivity index is 4.30. The molecule has 132 valence electrons. The summed E-state index contributed by atoms with van der Waals surface area (Å²) in [6.07, 6.45) is 20.3. The molecule has 0 radical (unpaired) electrons. The van der Waals surface area contributed by atoms with Gasteiger partial charge in [-0.2, -0.15) is 0 Å². The zero-order chi connectivity index (χ0) is 17.2. The second-order valence-corrected chi connectivity index (χ2v) is 6.18. The Kier molecular flexibility index (Phi) is 16.5. The van der Waals surface area contributed by atoms with Crippen LogP contribution < -0.4 is 0 Å². The fraction of sp³-hybridized carbons (Fsp3) is 0.636. The predicted molar refractivity (Wildman–Crippen MR) is 105 cm³/mol. The van der Waals surface area contributed by atoms with Crippen LogP contribution in [0, 0.1) is 0 Å². The van der Waals surface area contributed by atoms with Crippen molar-refractivity contribution in [2.24, 2.45) is 0 Å². The van der Waals surface area contributed by atoms with E-state index >= 15 is 0 Å². The molecule has 0 rings (SSSR count). The Hall–Kier alpha value is -1.08. The summed E-state index contributed by atoms with van der Waals surface area (Å²) in [7, 11) is 0. The lowest BCUT2D eigenvalue weighted by Gasteiger charge is -2.11. The summed E-state index contributed by atoms with van der Waals surface area (Å²) < 4.78 is 6.01. The molecular formula is C22H38O. The van der Waals surface area contributed by atoms with E-state index in [-0.39, 0.29) is 0 Å². The van der Waals surface area contributed by atoms with E-state index in [1.54, 1.807) is 0 Å². The van der Waals surface area contributed by atoms with Crippen molar-refractivity contribution in [2.45, 2.75) is 78.1 Å². The average Bonchev–Trinajstić information content (AvgIpc) is 2.56. The molecule has 0 aliphatic heterocycles. The highest BCUT2D eigenvalue weighted by Crippen LogP contribution is 2.14. The van der Waals surface area contributed by atoms with E-state index in [1.165, 1.54) is 49.7 Å². The molecule has 0 aliphatic rings. The summed E-state index contributed by atoms with van der Waals surface area (Å²) in [5.41, 5.74) is 2.85. The highest BCUT2D eigenvalue weighted by molar-refractivity contribution is 5.07. The molecule has 0 spiro atoms. The number of ether oxygens (including phenoxy) is 1. The van der Waals surface area contributed by atoms with Crippen molar-refractivity contribution in [1.29, 1.82) is 0 Å². The van der Waals surface area contributed by atoms with Gasteiger partial charge in [0.05, 0.1) is 13.2 Å². The highest BCUT2D eigenvalue weighted by Gasteiger charge is 2.01. The zero-order valence-electron chi connectivity index (χ0n) is 15.6. The zero-order valence-corrected chi connectivity index (χ0v) is 15.6. The Morgan fingerprint density at radius 3 is 1.52 bits per heavy atom. The van der Waals surface area contributed by atoms with Gasteiger partial charge in [0.25, 0.3) is 0 Å². The fourth-order valence-electron chi connectivity index (χ4n) is 2.48. The van der Waals surface area contributed by atoms with Gasteiger partial charge in [0.1, 0.15) is 0 Å². The molecule has 1 heteroatoms. The summed E-state index contributed by atoms with van der Waals surface area (Å²) in [5.74, 6) is 0. The summed E-state index contributed by atoms with van der Waals surface area (Å²) in [6.45, 7) is 13.6. The van der Waals surface area contributed by atoms with Gasteiger partial charge in [0.15, 0.2) is 0 Å². The first-order chi connectivity index (χ1) is 11.3. The van der Waals surface area contributed by atoms with E-state index in [2.05, 4.69) is 39.2 Å². The number of rotatable bonds is 16. The van der Waals surface area contributed by atoms with Gasteiger partial charge >= 0.3 is 0 Å². The molecule has 0 fully saturated rings. The maximum Gasteiger partial charge on any atom is 0.0681 e. The molecule has 23 heavy (non-hydrogen) atoms. The van der Waals surface area contributed by atoms with E-state index < -0.39 is 0 Å². The normalized spacial score (nSPS) is 12.4. The Bertz CT molecular complexity index is 315. The van der Waals surface area contributed by atoms with Crippen LogP contribution in [0.5, 0.6) is 0 Å². The summed E-state index contributed by atoms with van der Waals surface area (Å²) in [4.78, 5) is 0. The van der Waals surface area contributed by atoms with Crippen LogP contribution in [-0.4, -0.2) is 13.2 Å². The molecule has 0 amide bonds. The van der Waals surface area contributed by atoms with Crippen LogP contribution in [0.2, 0.25) is 0 Å². The van der Waals surface area contributed by atoms with Crippen molar-refractivity contribution in [3.63, 3.8) is 0 Å². The topological polar surface area (TPSA) is 9.23 Å². The van der Waals surface area contributed by atoms with Crippen LogP contribution in [0.4, 0.5) is 0 Å². The Morgan fingerprint density at radius 2 is 1.17 bits per heavy atom. The van der Waals surface area contributed by atoms with E-state index in [0.717, 1.165) is 38.9 Å². The van der Waals surface area contributed by atoms with Gasteiger partial charge in [-0.15, -0.1) is 13.2 Å². The number of hydrogen-bond acceptors (Lipinski definition) is 1. The molecule has 0 aromatic rings. The van der Waals surface area contributed by atoms with Gasteiger partial charge in [0.2, 0.25) is 0 Å². The minimum Gasteiger partial charge on any atom is -0.373 e. The van der Waals surface area contributed by atoms with Gasteiger partial charge < -0.3 is 4.74 Å². The maximum absolute atomic E-state index is 6.01. The van der Waals surface area contributed by atoms with Crippen LogP contribution in [0.25, 0.3) is 0 Å². The molecule has 1 nitrogen and oxygen atoms in total. The third kappa shape index (κ3) is 14.3. The van der Waals surface area contributed by atoms with E-state index in [1.807, 2.05) is 12.2 Å². The standard InChI is InChI=1S/C22H38O/c1-5-9-13-17-21(15-11-7-3)19-23-20-22(16-12-8-4)18-14-10-6-2/h7-8,15-16H,3-6,9-14,17-20H2,1-2H3. The van der Waals surface area contributed by atoms with Crippen molar-refractivity contribution in [3.05, 3.63) is 48.6 Å². The van der Waals surface area contributed by atoms with Crippen LogP contribution in [0.1, 0.15) is 78.1 Å². The lowest BCUT2D eigenvalue weighted by Crippen LogP contribution is -2.03. The molecule has 0 aromatic heterocycles.